The van der Waals surface area contributed by atoms with E-state index in [0.717, 1.165) is 30.4 Å². The van der Waals surface area contributed by atoms with Crippen molar-refractivity contribution in [1.29, 1.82) is 0 Å². The molecule has 7 heteroatoms. The molecule has 110 valence electrons. The molecule has 0 radical (unpaired) electrons. The molecule has 1 saturated heterocycles. The van der Waals surface area contributed by atoms with Crippen molar-refractivity contribution in [3.05, 3.63) is 34.3 Å². The first-order valence-electron chi connectivity index (χ1n) is 6.50. The summed E-state index contributed by atoms with van der Waals surface area (Å²) in [5, 5.41) is 19.2. The first-order chi connectivity index (χ1) is 10.1. The molecule has 21 heavy (non-hydrogen) atoms. The maximum atomic E-state index is 9.99. The summed E-state index contributed by atoms with van der Waals surface area (Å²) in [6, 6.07) is 6.75. The van der Waals surface area contributed by atoms with Crippen LogP contribution in [-0.2, 0) is 0 Å². The van der Waals surface area contributed by atoms with E-state index in [1.54, 1.807) is 6.07 Å². The highest BCUT2D eigenvalue weighted by Crippen LogP contribution is 2.37. The number of anilines is 1. The smallest absolute Gasteiger partial charge is 0.151 e. The third-order valence-electron chi connectivity index (χ3n) is 3.28. The number of phenolic OH excluding ortho intramolecular Hbond substituents is 1. The van der Waals surface area contributed by atoms with Gasteiger partial charge in [0, 0.05) is 29.6 Å². The van der Waals surface area contributed by atoms with Crippen LogP contribution in [0.15, 0.2) is 24.3 Å². The van der Waals surface area contributed by atoms with E-state index in [-0.39, 0.29) is 5.75 Å². The lowest BCUT2D eigenvalue weighted by molar-refractivity contribution is 0.477. The molecule has 1 fully saturated rings. The van der Waals surface area contributed by atoms with Crippen LogP contribution in [0.1, 0.15) is 0 Å². The molecular weight excluding hydrogens is 329 g/mol. The van der Waals surface area contributed by atoms with Crippen molar-refractivity contribution in [3.8, 4) is 17.0 Å². The summed E-state index contributed by atoms with van der Waals surface area (Å²) >= 11 is 13.9. The van der Waals surface area contributed by atoms with E-state index in [2.05, 4.69) is 15.1 Å². The second-order valence-electron chi connectivity index (χ2n) is 4.66. The Bertz CT molecular complexity index is 622. The van der Waals surface area contributed by atoms with Crippen LogP contribution in [0.25, 0.3) is 11.3 Å². The van der Waals surface area contributed by atoms with Crippen LogP contribution in [0.4, 0.5) is 5.82 Å². The number of benzene rings is 1. The number of aromatic hydroxyl groups is 1. The average Bonchev–Trinajstić information content (AvgIpc) is 2.48. The van der Waals surface area contributed by atoms with E-state index in [1.165, 1.54) is 6.07 Å². The van der Waals surface area contributed by atoms with Crippen molar-refractivity contribution >= 4 is 40.8 Å². The van der Waals surface area contributed by atoms with E-state index < -0.39 is 0 Å². The predicted octanol–water partition coefficient (Wildman–Crippen LogP) is 3.71. The third kappa shape index (κ3) is 3.20. The molecule has 2 heterocycles. The van der Waals surface area contributed by atoms with E-state index in [9.17, 15) is 5.11 Å². The molecule has 0 spiro atoms. The van der Waals surface area contributed by atoms with Gasteiger partial charge in [-0.15, -0.1) is 10.2 Å². The minimum absolute atomic E-state index is 0.00363. The highest BCUT2D eigenvalue weighted by atomic mass is 35.5. The molecule has 0 atom stereocenters. The van der Waals surface area contributed by atoms with Crippen LogP contribution in [0.3, 0.4) is 0 Å². The number of halogens is 2. The van der Waals surface area contributed by atoms with Crippen molar-refractivity contribution in [2.24, 2.45) is 0 Å². The van der Waals surface area contributed by atoms with Gasteiger partial charge in [0.05, 0.1) is 16.3 Å². The number of thioether (sulfide) groups is 1. The van der Waals surface area contributed by atoms with E-state index in [4.69, 9.17) is 23.2 Å². The second-order valence-corrected chi connectivity index (χ2v) is 6.73. The highest BCUT2D eigenvalue weighted by molar-refractivity contribution is 7.99. The van der Waals surface area contributed by atoms with Gasteiger partial charge in [-0.1, -0.05) is 23.2 Å². The van der Waals surface area contributed by atoms with Gasteiger partial charge in [-0.3, -0.25) is 0 Å². The van der Waals surface area contributed by atoms with E-state index >= 15 is 0 Å². The minimum atomic E-state index is 0.00363. The van der Waals surface area contributed by atoms with Crippen molar-refractivity contribution in [2.75, 3.05) is 29.5 Å². The van der Waals surface area contributed by atoms with Gasteiger partial charge < -0.3 is 10.0 Å². The molecule has 1 aromatic carbocycles. The van der Waals surface area contributed by atoms with Crippen LogP contribution >= 0.6 is 35.0 Å². The number of nitrogens with zero attached hydrogens (tertiary/aromatic N) is 3. The van der Waals surface area contributed by atoms with Gasteiger partial charge in [0.15, 0.2) is 5.82 Å². The molecule has 1 aliphatic heterocycles. The van der Waals surface area contributed by atoms with Gasteiger partial charge in [0.1, 0.15) is 5.75 Å². The standard InChI is InChI=1S/C14H13Cl2N3OS/c15-9-7-10(16)14(12(20)8-9)11-1-2-13(18-17-11)19-3-5-21-6-4-19/h1-2,7-8,20H,3-6H2. The van der Waals surface area contributed by atoms with Gasteiger partial charge in [-0.05, 0) is 24.3 Å². The van der Waals surface area contributed by atoms with Gasteiger partial charge in [0.2, 0.25) is 0 Å². The normalized spacial score (nSPS) is 15.2. The molecule has 4 nitrogen and oxygen atoms in total. The largest absolute Gasteiger partial charge is 0.507 e. The zero-order valence-electron chi connectivity index (χ0n) is 11.1. The average molecular weight is 342 g/mol. The monoisotopic (exact) mass is 341 g/mol. The van der Waals surface area contributed by atoms with Crippen LogP contribution < -0.4 is 4.90 Å². The van der Waals surface area contributed by atoms with Crippen LogP contribution in [0.2, 0.25) is 10.0 Å². The zero-order chi connectivity index (χ0) is 14.8. The predicted molar refractivity (Wildman–Crippen MR) is 88.7 cm³/mol. The lowest BCUT2D eigenvalue weighted by Gasteiger charge is -2.26. The lowest BCUT2D eigenvalue weighted by Crippen LogP contribution is -2.33. The quantitative estimate of drug-likeness (QED) is 0.902. The summed E-state index contributed by atoms with van der Waals surface area (Å²) in [7, 11) is 0. The molecule has 0 amide bonds. The zero-order valence-corrected chi connectivity index (χ0v) is 13.4. The second kappa shape index (κ2) is 6.30. The lowest BCUT2D eigenvalue weighted by atomic mass is 10.1. The van der Waals surface area contributed by atoms with E-state index in [1.807, 2.05) is 23.9 Å². The summed E-state index contributed by atoms with van der Waals surface area (Å²) in [4.78, 5) is 2.20. The Morgan fingerprint density at radius 3 is 2.48 bits per heavy atom. The summed E-state index contributed by atoms with van der Waals surface area (Å²) in [6.07, 6.45) is 0. The number of rotatable bonds is 2. The van der Waals surface area contributed by atoms with Crippen LogP contribution in [-0.4, -0.2) is 39.9 Å². The fourth-order valence-corrected chi connectivity index (χ4v) is 3.72. The van der Waals surface area contributed by atoms with Gasteiger partial charge in [0.25, 0.3) is 0 Å². The highest BCUT2D eigenvalue weighted by Gasteiger charge is 2.16. The van der Waals surface area contributed by atoms with Crippen molar-refractivity contribution in [3.63, 3.8) is 0 Å². The fourth-order valence-electron chi connectivity index (χ4n) is 2.23. The van der Waals surface area contributed by atoms with Gasteiger partial charge in [-0.2, -0.15) is 11.8 Å². The van der Waals surface area contributed by atoms with Crippen LogP contribution in [0.5, 0.6) is 5.75 Å². The first kappa shape index (κ1) is 14.8. The summed E-state index contributed by atoms with van der Waals surface area (Å²) in [6.45, 7) is 1.96. The molecule has 0 unspecified atom stereocenters. The summed E-state index contributed by atoms with van der Waals surface area (Å²) in [5.41, 5.74) is 0.985. The van der Waals surface area contributed by atoms with E-state index in [0.29, 0.717) is 21.3 Å². The number of hydrogen-bond donors (Lipinski definition) is 1. The third-order valence-corrected chi connectivity index (χ3v) is 4.73. The Morgan fingerprint density at radius 1 is 1.10 bits per heavy atom. The molecule has 1 N–H and O–H groups in total. The van der Waals surface area contributed by atoms with Crippen molar-refractivity contribution in [1.82, 2.24) is 10.2 Å². The molecule has 0 saturated carbocycles. The molecule has 0 bridgehead atoms. The maximum absolute atomic E-state index is 9.99. The van der Waals surface area contributed by atoms with Crippen LogP contribution in [0, 0.1) is 0 Å². The minimum Gasteiger partial charge on any atom is -0.507 e. The number of aromatic nitrogens is 2. The number of phenols is 1. The Kier molecular flexibility index (Phi) is 4.42. The summed E-state index contributed by atoms with van der Waals surface area (Å²) < 4.78 is 0. The first-order valence-corrected chi connectivity index (χ1v) is 8.41. The Morgan fingerprint density at radius 2 is 1.86 bits per heavy atom. The molecule has 3 rings (SSSR count). The molecule has 2 aromatic rings. The Labute approximate surface area is 137 Å². The maximum Gasteiger partial charge on any atom is 0.151 e. The fraction of sp³-hybridized carbons (Fsp3) is 0.286. The Hall–Kier alpha value is -1.17. The molecule has 0 aliphatic carbocycles. The topological polar surface area (TPSA) is 49.2 Å². The van der Waals surface area contributed by atoms with Crippen molar-refractivity contribution < 1.29 is 5.11 Å². The number of hydrogen-bond acceptors (Lipinski definition) is 5. The summed E-state index contributed by atoms with van der Waals surface area (Å²) in [5.74, 6) is 3.06. The molecule has 1 aromatic heterocycles. The van der Waals surface area contributed by atoms with Gasteiger partial charge in [-0.25, -0.2) is 0 Å². The van der Waals surface area contributed by atoms with Crippen molar-refractivity contribution in [2.45, 2.75) is 0 Å². The molecule has 1 aliphatic rings. The SMILES string of the molecule is Oc1cc(Cl)cc(Cl)c1-c1ccc(N2CCSCC2)nn1. The van der Waals surface area contributed by atoms with Gasteiger partial charge >= 0.3 is 0 Å². The molecular formula is C14H13Cl2N3OS. The Balaban J connectivity index is 1.90.